The van der Waals surface area contributed by atoms with Crippen LogP contribution in [0.25, 0.3) is 16.9 Å². The van der Waals surface area contributed by atoms with Crippen LogP contribution in [0.1, 0.15) is 10.4 Å². The average Bonchev–Trinajstić information content (AvgIpc) is 3.23. The van der Waals surface area contributed by atoms with E-state index in [1.165, 1.54) is 18.3 Å². The number of nitrogens with two attached hydrogens (primary N) is 1. The first-order valence-electron chi connectivity index (χ1n) is 10.2. The van der Waals surface area contributed by atoms with Crippen LogP contribution in [0, 0.1) is 10.1 Å². The van der Waals surface area contributed by atoms with Crippen molar-refractivity contribution in [2.45, 2.75) is 0 Å². The molecule has 0 saturated heterocycles. The zero-order chi connectivity index (χ0) is 24.1. The minimum atomic E-state index is -0.513. The van der Waals surface area contributed by atoms with Gasteiger partial charge < -0.3 is 16.4 Å². The number of nitrogen functional groups attached to an aromatic ring is 1. The van der Waals surface area contributed by atoms with Gasteiger partial charge in [-0.1, -0.05) is 23.7 Å². The molecule has 34 heavy (non-hydrogen) atoms. The molecule has 0 aliphatic heterocycles. The van der Waals surface area contributed by atoms with Crippen molar-refractivity contribution in [1.29, 1.82) is 0 Å². The molecule has 1 amide bonds. The number of nitrogens with one attached hydrogen (secondary N) is 2. The molecule has 2 aromatic carbocycles. The first-order valence-corrected chi connectivity index (χ1v) is 10.6. The second kappa shape index (κ2) is 10.0. The highest BCUT2D eigenvalue weighted by Crippen LogP contribution is 2.25. The Morgan fingerprint density at radius 1 is 1.09 bits per heavy atom. The van der Waals surface area contributed by atoms with Gasteiger partial charge in [-0.25, -0.2) is 9.67 Å². The van der Waals surface area contributed by atoms with Gasteiger partial charge >= 0.3 is 0 Å². The van der Waals surface area contributed by atoms with E-state index < -0.39 is 4.92 Å². The molecule has 4 rings (SSSR count). The molecule has 0 fully saturated rings. The molecule has 0 aliphatic rings. The van der Waals surface area contributed by atoms with Gasteiger partial charge in [-0.2, -0.15) is 5.10 Å². The predicted molar refractivity (Wildman–Crippen MR) is 130 cm³/mol. The monoisotopic (exact) mass is 477 g/mol. The van der Waals surface area contributed by atoms with Gasteiger partial charge in [0.25, 0.3) is 11.6 Å². The Morgan fingerprint density at radius 3 is 2.56 bits per heavy atom. The van der Waals surface area contributed by atoms with E-state index >= 15 is 0 Å². The number of amides is 1. The lowest BCUT2D eigenvalue weighted by molar-refractivity contribution is -0.385. The van der Waals surface area contributed by atoms with Gasteiger partial charge in [0, 0.05) is 41.4 Å². The summed E-state index contributed by atoms with van der Waals surface area (Å²) in [5, 5.41) is 21.6. The molecule has 0 saturated carbocycles. The molecule has 0 bridgehead atoms. The summed E-state index contributed by atoms with van der Waals surface area (Å²) in [5.41, 5.74) is 8.80. The van der Waals surface area contributed by atoms with Crippen LogP contribution in [0.5, 0.6) is 0 Å². The summed E-state index contributed by atoms with van der Waals surface area (Å²) in [6.07, 6.45) is 1.17. The van der Waals surface area contributed by atoms with E-state index in [9.17, 15) is 14.9 Å². The molecule has 0 atom stereocenters. The molecular formula is C23H20ClN7O3. The third-order valence-corrected chi connectivity index (χ3v) is 5.14. The molecular weight excluding hydrogens is 458 g/mol. The van der Waals surface area contributed by atoms with Crippen LogP contribution in [-0.2, 0) is 0 Å². The molecule has 4 aromatic rings. The Labute approximate surface area is 199 Å². The van der Waals surface area contributed by atoms with Crippen molar-refractivity contribution in [2.24, 2.45) is 0 Å². The summed E-state index contributed by atoms with van der Waals surface area (Å²) < 4.78 is 1.60. The number of halogens is 1. The van der Waals surface area contributed by atoms with Crippen LogP contribution >= 0.6 is 11.6 Å². The summed E-state index contributed by atoms with van der Waals surface area (Å²) in [7, 11) is 0. The molecule has 2 aromatic heterocycles. The number of aromatic nitrogens is 3. The Balaban J connectivity index is 1.33. The SMILES string of the molecule is Nc1cc(-c2cccc(Cl)c2)nn1-c1ccc(C(=O)NCCNc2ccc([N+](=O)[O-])cn2)cc1. The van der Waals surface area contributed by atoms with E-state index in [2.05, 4.69) is 20.7 Å². The first-order chi connectivity index (χ1) is 16.4. The third-order valence-electron chi connectivity index (χ3n) is 4.91. The Kier molecular flexibility index (Phi) is 6.69. The molecule has 0 spiro atoms. The van der Waals surface area contributed by atoms with Crippen molar-refractivity contribution in [3.63, 3.8) is 0 Å². The number of benzene rings is 2. The van der Waals surface area contributed by atoms with Crippen molar-refractivity contribution in [1.82, 2.24) is 20.1 Å². The number of nitrogens with zero attached hydrogens (tertiary/aromatic N) is 4. The van der Waals surface area contributed by atoms with Gasteiger partial charge in [0.2, 0.25) is 0 Å². The molecule has 11 heteroatoms. The number of hydrogen-bond acceptors (Lipinski definition) is 7. The van der Waals surface area contributed by atoms with E-state index in [0.29, 0.717) is 46.7 Å². The number of pyridine rings is 1. The number of rotatable bonds is 8. The van der Waals surface area contributed by atoms with Crippen LogP contribution in [0.3, 0.4) is 0 Å². The Morgan fingerprint density at radius 2 is 1.88 bits per heavy atom. The van der Waals surface area contributed by atoms with Crippen LogP contribution in [0.15, 0.2) is 72.9 Å². The third kappa shape index (κ3) is 5.30. The molecule has 0 unspecified atom stereocenters. The maximum absolute atomic E-state index is 12.4. The maximum atomic E-state index is 12.4. The average molecular weight is 478 g/mol. The minimum absolute atomic E-state index is 0.0835. The van der Waals surface area contributed by atoms with Crippen LogP contribution in [-0.4, -0.2) is 38.7 Å². The van der Waals surface area contributed by atoms with E-state index in [0.717, 1.165) is 5.56 Å². The molecule has 172 valence electrons. The molecule has 0 aliphatic carbocycles. The van der Waals surface area contributed by atoms with Gasteiger partial charge in [-0.3, -0.25) is 14.9 Å². The van der Waals surface area contributed by atoms with E-state index in [1.54, 1.807) is 41.1 Å². The maximum Gasteiger partial charge on any atom is 0.287 e. The lowest BCUT2D eigenvalue weighted by Crippen LogP contribution is -2.28. The molecule has 2 heterocycles. The van der Waals surface area contributed by atoms with Crippen molar-refractivity contribution in [3.8, 4) is 16.9 Å². The predicted octanol–water partition coefficient (Wildman–Crippen LogP) is 3.92. The Bertz CT molecular complexity index is 1320. The van der Waals surface area contributed by atoms with Gasteiger partial charge in [0.15, 0.2) is 0 Å². The topological polar surface area (TPSA) is 141 Å². The lowest BCUT2D eigenvalue weighted by atomic mass is 10.1. The second-order valence-corrected chi connectivity index (χ2v) is 7.70. The first kappa shape index (κ1) is 22.7. The van der Waals surface area contributed by atoms with Gasteiger partial charge in [0.05, 0.1) is 16.3 Å². The van der Waals surface area contributed by atoms with Gasteiger partial charge in [0.1, 0.15) is 17.8 Å². The van der Waals surface area contributed by atoms with Gasteiger partial charge in [-0.05, 0) is 42.5 Å². The number of hydrogen-bond donors (Lipinski definition) is 3. The lowest BCUT2D eigenvalue weighted by Gasteiger charge is -2.08. The fourth-order valence-electron chi connectivity index (χ4n) is 3.21. The quantitative estimate of drug-likeness (QED) is 0.198. The standard InChI is InChI=1S/C23H20ClN7O3/c24-17-3-1-2-16(12-17)20-13-21(25)30(29-20)18-6-4-15(5-7-18)23(32)27-11-10-26-22-9-8-19(14-28-22)31(33)34/h1-9,12-14H,10-11,25H2,(H,26,28)(H,27,32). The van der Waals surface area contributed by atoms with Crippen LogP contribution in [0.4, 0.5) is 17.3 Å². The zero-order valence-electron chi connectivity index (χ0n) is 17.8. The zero-order valence-corrected chi connectivity index (χ0v) is 18.6. The van der Waals surface area contributed by atoms with E-state index in [1.807, 2.05) is 18.2 Å². The van der Waals surface area contributed by atoms with Crippen LogP contribution < -0.4 is 16.4 Å². The highest BCUT2D eigenvalue weighted by Gasteiger charge is 2.11. The van der Waals surface area contributed by atoms with Crippen molar-refractivity contribution >= 4 is 34.8 Å². The van der Waals surface area contributed by atoms with E-state index in [4.69, 9.17) is 17.3 Å². The fraction of sp³-hybridized carbons (Fsp3) is 0.0870. The number of carbonyl (C=O) groups excluding carboxylic acids is 1. The van der Waals surface area contributed by atoms with Crippen LogP contribution in [0.2, 0.25) is 5.02 Å². The summed E-state index contributed by atoms with van der Waals surface area (Å²) in [4.78, 5) is 26.5. The van der Waals surface area contributed by atoms with Crippen molar-refractivity contribution in [2.75, 3.05) is 24.1 Å². The van der Waals surface area contributed by atoms with Crippen molar-refractivity contribution in [3.05, 3.63) is 93.6 Å². The molecule has 10 nitrogen and oxygen atoms in total. The number of carbonyl (C=O) groups is 1. The van der Waals surface area contributed by atoms with E-state index in [-0.39, 0.29) is 11.6 Å². The van der Waals surface area contributed by atoms with Crippen molar-refractivity contribution < 1.29 is 9.72 Å². The van der Waals surface area contributed by atoms with Gasteiger partial charge in [-0.15, -0.1) is 0 Å². The minimum Gasteiger partial charge on any atom is -0.384 e. The Hall–Kier alpha value is -4.44. The fourth-order valence-corrected chi connectivity index (χ4v) is 3.40. The summed E-state index contributed by atoms with van der Waals surface area (Å²) in [6.45, 7) is 0.749. The summed E-state index contributed by atoms with van der Waals surface area (Å²) >= 11 is 6.06. The number of nitro groups is 1. The highest BCUT2D eigenvalue weighted by molar-refractivity contribution is 6.30. The second-order valence-electron chi connectivity index (χ2n) is 7.26. The summed E-state index contributed by atoms with van der Waals surface area (Å²) in [6, 6.07) is 18.9. The number of anilines is 2. The largest absolute Gasteiger partial charge is 0.384 e. The normalized spacial score (nSPS) is 10.6. The molecule has 4 N–H and O–H groups in total. The highest BCUT2D eigenvalue weighted by atomic mass is 35.5. The molecule has 0 radical (unpaired) electrons. The smallest absolute Gasteiger partial charge is 0.287 e. The summed E-state index contributed by atoms with van der Waals surface area (Å²) in [5.74, 6) is 0.703.